The van der Waals surface area contributed by atoms with Gasteiger partial charge in [0.05, 0.1) is 36.6 Å². The molecule has 9 rings (SSSR count). The number of aliphatic hydroxyl groups excluding tert-OH is 6. The van der Waals surface area contributed by atoms with Crippen LogP contribution in [-0.2, 0) is 28.4 Å². The van der Waals surface area contributed by atoms with Crippen LogP contribution in [0.5, 0.6) is 0 Å². The molecule has 0 radical (unpaired) electrons. The number of rotatable bonds is 14. The molecule has 15 nitrogen and oxygen atoms in total. The van der Waals surface area contributed by atoms with Crippen LogP contribution in [0.1, 0.15) is 77.0 Å². The van der Waals surface area contributed by atoms with Crippen molar-refractivity contribution >= 4 is 35.3 Å². The summed E-state index contributed by atoms with van der Waals surface area (Å²) in [7, 11) is 3.88. The molecule has 0 aromatic heterocycles. The Bertz CT molecular complexity index is 1030. The van der Waals surface area contributed by atoms with Crippen molar-refractivity contribution in [3.63, 3.8) is 0 Å². The summed E-state index contributed by atoms with van der Waals surface area (Å²) in [5.41, 5.74) is 5.50. The van der Waals surface area contributed by atoms with E-state index in [1.807, 2.05) is 37.6 Å². The fourth-order valence-corrected chi connectivity index (χ4v) is 11.6. The minimum absolute atomic E-state index is 0.00164. The molecule has 0 aromatic rings. The Kier molecular flexibility index (Phi) is 26.3. The van der Waals surface area contributed by atoms with Gasteiger partial charge in [-0.1, -0.05) is 38.5 Å². The largest absolute Gasteiger partial charge is 0.390 e. The Morgan fingerprint density at radius 1 is 0.458 bits per heavy atom. The van der Waals surface area contributed by atoms with Gasteiger partial charge in [-0.05, 0) is 52.6 Å². The number of hydrogen-bond donors (Lipinski definition) is 9. The number of hydrogen-bond acceptors (Lipinski definition) is 18. The molecule has 0 amide bonds. The van der Waals surface area contributed by atoms with Crippen LogP contribution in [0.4, 0.5) is 0 Å². The van der Waals surface area contributed by atoms with Gasteiger partial charge < -0.3 is 75.4 Å². The maximum absolute atomic E-state index is 10.3. The monoisotopic (exact) mass is 901 g/mol. The molecule has 15 atom stereocenters. The zero-order chi connectivity index (χ0) is 42.4. The van der Waals surface area contributed by atoms with Crippen molar-refractivity contribution < 1.29 is 59.1 Å². The molecule has 9 heterocycles. The normalized spacial score (nSPS) is 39.3. The SMILES string of the molecule is CNCCSCC1O[C@@H]2OCCCCCC1[C@H](O)C2O.CNCCSCC1O[C@@H]2OCCCCCC1[C@H](O)C2O.NCCSCC1O[C@@H]2OCCCCCC1[C@H](O)C2O. The van der Waals surface area contributed by atoms with Gasteiger partial charge in [-0.25, -0.2) is 0 Å². The predicted molar refractivity (Wildman–Crippen MR) is 235 cm³/mol. The highest BCUT2D eigenvalue weighted by Gasteiger charge is 2.47. The average molecular weight is 902 g/mol. The molecule has 59 heavy (non-hydrogen) atoms. The van der Waals surface area contributed by atoms with E-state index in [2.05, 4.69) is 10.6 Å². The summed E-state index contributed by atoms with van der Waals surface area (Å²) in [5, 5.41) is 67.4. The molecule has 18 heteroatoms. The van der Waals surface area contributed by atoms with Crippen molar-refractivity contribution in [3.8, 4) is 0 Å². The van der Waals surface area contributed by atoms with Crippen LogP contribution in [0.15, 0.2) is 0 Å². The molecular weight excluding hydrogens is 823 g/mol. The van der Waals surface area contributed by atoms with E-state index in [-0.39, 0.29) is 36.1 Å². The topological polar surface area (TPSA) is 227 Å². The van der Waals surface area contributed by atoms with E-state index in [0.717, 1.165) is 125 Å². The third kappa shape index (κ3) is 17.1. The van der Waals surface area contributed by atoms with E-state index < -0.39 is 55.5 Å². The number of nitrogens with two attached hydrogens (primary N) is 1. The first kappa shape index (κ1) is 52.1. The maximum atomic E-state index is 10.3. The molecule has 9 unspecified atom stereocenters. The lowest BCUT2D eigenvalue weighted by atomic mass is 9.85. The van der Waals surface area contributed by atoms with Gasteiger partial charge in [0.2, 0.25) is 0 Å². The van der Waals surface area contributed by atoms with Gasteiger partial charge in [0.1, 0.15) is 18.3 Å². The van der Waals surface area contributed by atoms with Gasteiger partial charge in [-0.2, -0.15) is 35.3 Å². The van der Waals surface area contributed by atoms with E-state index >= 15 is 0 Å². The summed E-state index contributed by atoms with van der Waals surface area (Å²) >= 11 is 5.37. The van der Waals surface area contributed by atoms with Gasteiger partial charge in [0, 0.05) is 91.7 Å². The molecule has 9 saturated heterocycles. The van der Waals surface area contributed by atoms with Crippen molar-refractivity contribution in [1.29, 1.82) is 0 Å². The molecule has 0 spiro atoms. The van der Waals surface area contributed by atoms with Crippen LogP contribution >= 0.6 is 35.3 Å². The standard InChI is InChI=1S/2C14H27NO4S.C13H25NO4S/c2*1-15-6-8-20-9-11-10-5-3-2-4-7-18-14(19-11)13(17)12(10)16;14-5-7-19-8-10-9-4-2-1-3-6-17-13(18-10)12(16)11(9)15/h2*10-17H,2-9H2,1H3;9-13,15-16H,1-8,14H2/t2*10?,11?,12-,13?,14-;9?,10?,11-,12?,13-/m000/s1. The lowest BCUT2D eigenvalue weighted by Gasteiger charge is -2.43. The van der Waals surface area contributed by atoms with E-state index in [9.17, 15) is 30.6 Å². The van der Waals surface area contributed by atoms with Gasteiger partial charge in [0.25, 0.3) is 0 Å². The lowest BCUT2D eigenvalue weighted by molar-refractivity contribution is -0.284. The van der Waals surface area contributed by atoms with Gasteiger partial charge in [-0.15, -0.1) is 0 Å². The first-order chi connectivity index (χ1) is 28.7. The summed E-state index contributed by atoms with van der Waals surface area (Å²) in [6.45, 7) is 4.35. The molecule has 9 aliphatic rings. The van der Waals surface area contributed by atoms with Gasteiger partial charge in [-0.3, -0.25) is 0 Å². The number of fused-ring (bicyclic) bond motifs is 21. The Balaban J connectivity index is 0.000000196. The van der Waals surface area contributed by atoms with Crippen molar-refractivity contribution in [1.82, 2.24) is 10.6 Å². The molecule has 10 N–H and O–H groups in total. The third-order valence-electron chi connectivity index (χ3n) is 12.1. The Morgan fingerprint density at radius 3 is 1.08 bits per heavy atom. The highest BCUT2D eigenvalue weighted by Crippen LogP contribution is 2.36. The minimum atomic E-state index is -0.932. The second kappa shape index (κ2) is 29.8. The van der Waals surface area contributed by atoms with E-state index in [1.54, 1.807) is 11.8 Å². The van der Waals surface area contributed by atoms with Crippen molar-refractivity contribution in [2.45, 2.75) is 151 Å². The number of nitrogens with one attached hydrogen (secondary N) is 2. The molecule has 9 aliphatic heterocycles. The van der Waals surface area contributed by atoms with E-state index in [4.69, 9.17) is 34.2 Å². The Morgan fingerprint density at radius 2 is 0.780 bits per heavy atom. The fraction of sp³-hybridized carbons (Fsp3) is 1.00. The summed E-state index contributed by atoms with van der Waals surface area (Å²) in [5.74, 6) is 5.45. The fourth-order valence-electron chi connectivity index (χ4n) is 8.54. The molecule has 6 bridgehead atoms. The summed E-state index contributed by atoms with van der Waals surface area (Å²) in [4.78, 5) is 0. The molecule has 9 fully saturated rings. The first-order valence-corrected chi connectivity index (χ1v) is 25.8. The van der Waals surface area contributed by atoms with Crippen LogP contribution in [0.25, 0.3) is 0 Å². The van der Waals surface area contributed by atoms with Crippen LogP contribution in [-0.4, -0.2) is 193 Å². The van der Waals surface area contributed by atoms with Crippen molar-refractivity contribution in [2.75, 3.05) is 88.1 Å². The quantitative estimate of drug-likeness (QED) is 0.113. The summed E-state index contributed by atoms with van der Waals surface area (Å²) in [6.07, 6.45) is 5.09. The lowest BCUT2D eigenvalue weighted by Crippen LogP contribution is -2.56. The molecule has 348 valence electrons. The van der Waals surface area contributed by atoms with Crippen molar-refractivity contribution in [2.24, 2.45) is 23.5 Å². The van der Waals surface area contributed by atoms with E-state index in [1.165, 1.54) is 0 Å². The maximum Gasteiger partial charge on any atom is 0.186 e. The van der Waals surface area contributed by atoms with Gasteiger partial charge in [0.15, 0.2) is 18.9 Å². The number of aliphatic hydroxyl groups is 6. The molecular formula is C41H79N3O12S3. The number of ether oxygens (including phenoxy) is 6. The summed E-state index contributed by atoms with van der Waals surface area (Å²) < 4.78 is 34.4. The zero-order valence-corrected chi connectivity index (χ0v) is 38.0. The van der Waals surface area contributed by atoms with Crippen LogP contribution in [0.2, 0.25) is 0 Å². The molecule has 0 saturated carbocycles. The molecule has 0 aliphatic carbocycles. The Hall–Kier alpha value is 0.450. The second-order valence-electron chi connectivity index (χ2n) is 16.4. The highest BCUT2D eigenvalue weighted by atomic mass is 32.2. The van der Waals surface area contributed by atoms with Crippen LogP contribution in [0, 0.1) is 17.8 Å². The van der Waals surface area contributed by atoms with Crippen LogP contribution in [0.3, 0.4) is 0 Å². The third-order valence-corrected chi connectivity index (χ3v) is 15.3. The second-order valence-corrected chi connectivity index (χ2v) is 19.9. The molecule has 0 aromatic carbocycles. The van der Waals surface area contributed by atoms with E-state index in [0.29, 0.717) is 26.4 Å². The van der Waals surface area contributed by atoms with Gasteiger partial charge >= 0.3 is 0 Å². The Labute approximate surface area is 366 Å². The van der Waals surface area contributed by atoms with Crippen LogP contribution < -0.4 is 16.4 Å². The smallest absolute Gasteiger partial charge is 0.186 e. The minimum Gasteiger partial charge on any atom is -0.390 e. The zero-order valence-electron chi connectivity index (χ0n) is 35.6. The van der Waals surface area contributed by atoms with Crippen molar-refractivity contribution in [3.05, 3.63) is 0 Å². The summed E-state index contributed by atoms with van der Waals surface area (Å²) in [6, 6.07) is 0. The number of thioether (sulfide) groups is 3. The average Bonchev–Trinajstić information content (AvgIpc) is 3.24. The highest BCUT2D eigenvalue weighted by molar-refractivity contribution is 7.99. The first-order valence-electron chi connectivity index (χ1n) is 22.3. The predicted octanol–water partition coefficient (Wildman–Crippen LogP) is 1.52.